The molecule has 0 saturated heterocycles. The second-order valence-electron chi connectivity index (χ2n) is 12.2. The Hall–Kier alpha value is -4.70. The number of carbonyl (C=O) groups is 4. The predicted molar refractivity (Wildman–Crippen MR) is 182 cm³/mol. The van der Waals surface area contributed by atoms with Crippen LogP contribution in [0.15, 0.2) is 60.7 Å². The van der Waals surface area contributed by atoms with E-state index >= 15 is 0 Å². The van der Waals surface area contributed by atoms with Crippen LogP contribution >= 0.6 is 0 Å². The molecule has 0 spiro atoms. The number of fused-ring (bicyclic) bond motifs is 1. The van der Waals surface area contributed by atoms with Gasteiger partial charge in [-0.3, -0.25) is 19.2 Å². The third-order valence-electron chi connectivity index (χ3n) is 8.73. The fourth-order valence-corrected chi connectivity index (χ4v) is 5.97. The maximum atomic E-state index is 13.6. The first-order valence-corrected chi connectivity index (χ1v) is 16.7. The van der Waals surface area contributed by atoms with Gasteiger partial charge in [0.1, 0.15) is 5.75 Å². The van der Waals surface area contributed by atoms with Crippen LogP contribution in [-0.4, -0.2) is 59.7 Å². The number of nitrogens with zero attached hydrogens (tertiary/aromatic N) is 2. The highest BCUT2D eigenvalue weighted by Crippen LogP contribution is 2.32. The Morgan fingerprint density at radius 2 is 1.72 bits per heavy atom. The van der Waals surface area contributed by atoms with Crippen molar-refractivity contribution in [1.82, 2.24) is 9.80 Å². The van der Waals surface area contributed by atoms with E-state index in [0.717, 1.165) is 62.6 Å². The normalized spacial score (nSPS) is 13.8. The first-order chi connectivity index (χ1) is 22.9. The summed E-state index contributed by atoms with van der Waals surface area (Å²) in [7, 11) is 0. The zero-order valence-corrected chi connectivity index (χ0v) is 27.1. The standard InChI is InChI=1S/C37H45N5O5/c1-2-47-34-22-29(13-17-33(34)39-25-43)37(46)42(32-15-16-32)23-26-8-10-28(11-9-26)36(45)40-31-14-12-27-18-20-41(24-30(27)21-31)35(44)7-5-3-4-6-19-38/h8-14,17,21-22,25,32H,2-7,15-16,18-20,23-24,38H2,1H3,(H,39,43)(H,40,45). The molecule has 3 aromatic rings. The lowest BCUT2D eigenvalue weighted by Crippen LogP contribution is -2.35. The van der Waals surface area contributed by atoms with E-state index in [1.54, 1.807) is 30.3 Å². The maximum absolute atomic E-state index is 13.6. The Labute approximate surface area is 276 Å². The molecule has 0 bridgehead atoms. The lowest BCUT2D eigenvalue weighted by molar-refractivity contribution is -0.132. The highest BCUT2D eigenvalue weighted by atomic mass is 16.5. The van der Waals surface area contributed by atoms with Gasteiger partial charge in [0.05, 0.1) is 12.3 Å². The number of anilines is 2. The lowest BCUT2D eigenvalue weighted by Gasteiger charge is -2.29. The number of benzene rings is 3. The van der Waals surface area contributed by atoms with E-state index in [0.29, 0.717) is 67.3 Å². The second kappa shape index (κ2) is 16.2. The number of unbranched alkanes of at least 4 members (excludes halogenated alkanes) is 3. The average molecular weight is 640 g/mol. The van der Waals surface area contributed by atoms with Gasteiger partial charge in [0.25, 0.3) is 11.8 Å². The number of hydrogen-bond donors (Lipinski definition) is 3. The van der Waals surface area contributed by atoms with Gasteiger partial charge in [-0.05, 0) is 105 Å². The molecule has 1 aliphatic heterocycles. The molecular formula is C37H45N5O5. The molecule has 0 atom stereocenters. The summed E-state index contributed by atoms with van der Waals surface area (Å²) >= 11 is 0. The Morgan fingerprint density at radius 3 is 2.45 bits per heavy atom. The predicted octanol–water partition coefficient (Wildman–Crippen LogP) is 5.50. The van der Waals surface area contributed by atoms with Crippen molar-refractivity contribution in [2.45, 2.75) is 77.4 Å². The zero-order valence-electron chi connectivity index (χ0n) is 27.1. The number of nitrogens with two attached hydrogens (primary N) is 1. The number of ether oxygens (including phenoxy) is 1. The quantitative estimate of drug-likeness (QED) is 0.140. The molecular weight excluding hydrogens is 594 g/mol. The molecule has 10 heteroatoms. The molecule has 4 amide bonds. The molecule has 1 aliphatic carbocycles. The fourth-order valence-electron chi connectivity index (χ4n) is 5.97. The van der Waals surface area contributed by atoms with Gasteiger partial charge in [-0.25, -0.2) is 0 Å². The third kappa shape index (κ3) is 8.98. The van der Waals surface area contributed by atoms with Crippen molar-refractivity contribution in [1.29, 1.82) is 0 Å². The second-order valence-corrected chi connectivity index (χ2v) is 12.2. The van der Waals surface area contributed by atoms with Crippen molar-refractivity contribution in [3.8, 4) is 5.75 Å². The summed E-state index contributed by atoms with van der Waals surface area (Å²) in [4.78, 5) is 54.3. The van der Waals surface area contributed by atoms with Gasteiger partial charge in [0, 0.05) is 48.9 Å². The van der Waals surface area contributed by atoms with Crippen molar-refractivity contribution in [3.63, 3.8) is 0 Å². The number of nitrogens with one attached hydrogen (secondary N) is 2. The van der Waals surface area contributed by atoms with Gasteiger partial charge in [-0.2, -0.15) is 0 Å². The van der Waals surface area contributed by atoms with Crippen LogP contribution in [0.1, 0.15) is 89.3 Å². The van der Waals surface area contributed by atoms with E-state index in [4.69, 9.17) is 10.5 Å². The monoisotopic (exact) mass is 639 g/mol. The molecule has 3 aromatic carbocycles. The fraction of sp³-hybridized carbons (Fsp3) is 0.405. The van der Waals surface area contributed by atoms with Crippen LogP contribution in [0, 0.1) is 0 Å². The summed E-state index contributed by atoms with van der Waals surface area (Å²) in [5.41, 5.74) is 11.0. The molecule has 0 unspecified atom stereocenters. The molecule has 47 heavy (non-hydrogen) atoms. The Kier molecular flexibility index (Phi) is 11.6. The first-order valence-electron chi connectivity index (χ1n) is 16.7. The van der Waals surface area contributed by atoms with Gasteiger partial charge in [-0.1, -0.05) is 31.0 Å². The highest BCUT2D eigenvalue weighted by molar-refractivity contribution is 6.04. The van der Waals surface area contributed by atoms with E-state index in [-0.39, 0.29) is 23.8 Å². The average Bonchev–Trinajstić information content (AvgIpc) is 3.93. The van der Waals surface area contributed by atoms with Crippen LogP contribution in [0.25, 0.3) is 0 Å². The molecule has 1 fully saturated rings. The molecule has 10 nitrogen and oxygen atoms in total. The van der Waals surface area contributed by atoms with Crippen LogP contribution in [-0.2, 0) is 29.1 Å². The minimum absolute atomic E-state index is 0.108. The summed E-state index contributed by atoms with van der Waals surface area (Å²) in [6, 6.07) is 18.4. The first kappa shape index (κ1) is 33.7. The summed E-state index contributed by atoms with van der Waals surface area (Å²) in [6.45, 7) is 4.63. The van der Waals surface area contributed by atoms with Crippen LogP contribution < -0.4 is 21.1 Å². The third-order valence-corrected chi connectivity index (χ3v) is 8.73. The van der Waals surface area contributed by atoms with Crippen LogP contribution in [0.2, 0.25) is 0 Å². The van der Waals surface area contributed by atoms with Crippen molar-refractivity contribution in [3.05, 3.63) is 88.5 Å². The van der Waals surface area contributed by atoms with E-state index in [1.807, 2.05) is 47.1 Å². The van der Waals surface area contributed by atoms with E-state index in [2.05, 4.69) is 10.6 Å². The topological polar surface area (TPSA) is 134 Å². The Morgan fingerprint density at radius 1 is 0.957 bits per heavy atom. The molecule has 0 radical (unpaired) electrons. The van der Waals surface area contributed by atoms with Crippen LogP contribution in [0.5, 0.6) is 5.75 Å². The van der Waals surface area contributed by atoms with Crippen molar-refractivity contribution >= 4 is 35.5 Å². The molecule has 1 heterocycles. The molecule has 1 saturated carbocycles. The van der Waals surface area contributed by atoms with Crippen molar-refractivity contribution < 1.29 is 23.9 Å². The Bertz CT molecular complexity index is 1570. The Balaban J connectivity index is 1.18. The molecule has 0 aromatic heterocycles. The summed E-state index contributed by atoms with van der Waals surface area (Å²) in [5.74, 6) is 0.300. The van der Waals surface area contributed by atoms with Crippen molar-refractivity contribution in [2.24, 2.45) is 5.73 Å². The summed E-state index contributed by atoms with van der Waals surface area (Å²) in [5, 5.41) is 5.62. The van der Waals surface area contributed by atoms with Gasteiger partial charge in [0.2, 0.25) is 12.3 Å². The number of rotatable bonds is 16. The minimum atomic E-state index is -0.222. The van der Waals surface area contributed by atoms with Crippen LogP contribution in [0.4, 0.5) is 11.4 Å². The number of carbonyl (C=O) groups excluding carboxylic acids is 4. The SMILES string of the molecule is CCOc1cc(C(=O)N(Cc2ccc(C(=O)Nc3ccc4c(c3)CN(C(=O)CCCCCCN)CC4)cc2)C2CC2)ccc1NC=O. The summed E-state index contributed by atoms with van der Waals surface area (Å²) < 4.78 is 5.65. The summed E-state index contributed by atoms with van der Waals surface area (Å²) in [6.07, 6.45) is 7.80. The van der Waals surface area contributed by atoms with Gasteiger partial charge in [0.15, 0.2) is 0 Å². The van der Waals surface area contributed by atoms with Gasteiger partial charge >= 0.3 is 0 Å². The van der Waals surface area contributed by atoms with Gasteiger partial charge in [-0.15, -0.1) is 0 Å². The number of amides is 4. The van der Waals surface area contributed by atoms with Crippen LogP contribution in [0.3, 0.4) is 0 Å². The van der Waals surface area contributed by atoms with E-state index in [9.17, 15) is 19.2 Å². The van der Waals surface area contributed by atoms with E-state index in [1.165, 1.54) is 5.56 Å². The van der Waals surface area contributed by atoms with Gasteiger partial charge < -0.3 is 30.9 Å². The largest absolute Gasteiger partial charge is 0.492 e. The molecule has 4 N–H and O–H groups in total. The number of hydrogen-bond acceptors (Lipinski definition) is 6. The van der Waals surface area contributed by atoms with E-state index < -0.39 is 0 Å². The molecule has 5 rings (SSSR count). The smallest absolute Gasteiger partial charge is 0.255 e. The maximum Gasteiger partial charge on any atom is 0.255 e. The molecule has 248 valence electrons. The lowest BCUT2D eigenvalue weighted by atomic mass is 9.98. The zero-order chi connectivity index (χ0) is 33.2. The van der Waals surface area contributed by atoms with Crippen molar-refractivity contribution in [2.75, 3.05) is 30.3 Å². The highest BCUT2D eigenvalue weighted by Gasteiger charge is 2.33. The molecule has 2 aliphatic rings. The minimum Gasteiger partial charge on any atom is -0.492 e.